The van der Waals surface area contributed by atoms with E-state index in [1.54, 1.807) is 4.90 Å². The number of amides is 2. The van der Waals surface area contributed by atoms with Crippen LogP contribution in [0.3, 0.4) is 0 Å². The van der Waals surface area contributed by atoms with Gasteiger partial charge < -0.3 is 15.0 Å². The third kappa shape index (κ3) is 7.19. The molecule has 0 spiro atoms. The number of halogens is 1. The zero-order chi connectivity index (χ0) is 24.3. The van der Waals surface area contributed by atoms with Gasteiger partial charge in [-0.05, 0) is 58.1 Å². The SMILES string of the molecule is CCNC(=O)[C@H](Cc1ccccc1)N(Cc1ccccc1)C(=O)COc1ccc(CC)cc1Br. The summed E-state index contributed by atoms with van der Waals surface area (Å²) in [5.74, 6) is 0.175. The van der Waals surface area contributed by atoms with Crippen molar-refractivity contribution in [3.05, 3.63) is 100 Å². The molecular formula is C28H31BrN2O3. The van der Waals surface area contributed by atoms with Crippen LogP contribution in [-0.2, 0) is 29.0 Å². The van der Waals surface area contributed by atoms with Crippen molar-refractivity contribution in [2.75, 3.05) is 13.2 Å². The van der Waals surface area contributed by atoms with Crippen molar-refractivity contribution in [2.45, 2.75) is 39.3 Å². The Bertz CT molecular complexity index is 1070. The zero-order valence-corrected chi connectivity index (χ0v) is 21.3. The average Bonchev–Trinajstić information content (AvgIpc) is 2.86. The summed E-state index contributed by atoms with van der Waals surface area (Å²) in [6, 6.07) is 24.6. The molecule has 0 saturated carbocycles. The van der Waals surface area contributed by atoms with Crippen LogP contribution in [0.4, 0.5) is 0 Å². The maximum atomic E-state index is 13.5. The molecule has 2 amide bonds. The molecule has 6 heteroatoms. The Hall–Kier alpha value is -3.12. The van der Waals surface area contributed by atoms with Gasteiger partial charge in [0.2, 0.25) is 5.91 Å². The molecular weight excluding hydrogens is 492 g/mol. The Balaban J connectivity index is 1.86. The largest absolute Gasteiger partial charge is 0.483 e. The highest BCUT2D eigenvalue weighted by Crippen LogP contribution is 2.26. The van der Waals surface area contributed by atoms with Gasteiger partial charge in [-0.1, -0.05) is 73.7 Å². The predicted molar refractivity (Wildman–Crippen MR) is 139 cm³/mol. The van der Waals surface area contributed by atoms with Crippen molar-refractivity contribution >= 4 is 27.7 Å². The van der Waals surface area contributed by atoms with Crippen LogP contribution in [0.5, 0.6) is 5.75 Å². The van der Waals surface area contributed by atoms with Crippen molar-refractivity contribution in [1.29, 1.82) is 0 Å². The first kappa shape index (κ1) is 25.5. The van der Waals surface area contributed by atoms with Gasteiger partial charge in [-0.25, -0.2) is 0 Å². The molecule has 1 N–H and O–H groups in total. The number of carbonyl (C=O) groups is 2. The van der Waals surface area contributed by atoms with Gasteiger partial charge in [-0.3, -0.25) is 9.59 Å². The molecule has 178 valence electrons. The van der Waals surface area contributed by atoms with E-state index in [9.17, 15) is 9.59 Å². The van der Waals surface area contributed by atoms with Crippen molar-refractivity contribution in [1.82, 2.24) is 10.2 Å². The van der Waals surface area contributed by atoms with Gasteiger partial charge >= 0.3 is 0 Å². The standard InChI is InChI=1S/C28H31BrN2O3/c1-3-21-15-16-26(24(29)17-21)34-20-27(32)31(19-23-13-9-6-10-14-23)25(28(33)30-4-2)18-22-11-7-5-8-12-22/h5-17,25H,3-4,18-20H2,1-2H3,(H,30,33)/t25-/m0/s1. The Morgan fingerprint density at radius 1 is 0.912 bits per heavy atom. The highest BCUT2D eigenvalue weighted by Gasteiger charge is 2.30. The van der Waals surface area contributed by atoms with E-state index in [-0.39, 0.29) is 18.4 Å². The van der Waals surface area contributed by atoms with E-state index in [4.69, 9.17) is 4.74 Å². The molecule has 0 bridgehead atoms. The van der Waals surface area contributed by atoms with Crippen LogP contribution in [0.15, 0.2) is 83.3 Å². The summed E-state index contributed by atoms with van der Waals surface area (Å²) in [7, 11) is 0. The number of aryl methyl sites for hydroxylation is 1. The van der Waals surface area contributed by atoms with E-state index >= 15 is 0 Å². The number of rotatable bonds is 11. The molecule has 5 nitrogen and oxygen atoms in total. The minimum atomic E-state index is -0.662. The van der Waals surface area contributed by atoms with E-state index in [0.29, 0.717) is 25.3 Å². The Kier molecular flexibility index (Phi) is 9.71. The summed E-state index contributed by atoms with van der Waals surface area (Å²) < 4.78 is 6.69. The van der Waals surface area contributed by atoms with Crippen LogP contribution in [0.25, 0.3) is 0 Å². The molecule has 3 aromatic carbocycles. The van der Waals surface area contributed by atoms with Crippen molar-refractivity contribution < 1.29 is 14.3 Å². The van der Waals surface area contributed by atoms with Crippen LogP contribution >= 0.6 is 15.9 Å². The van der Waals surface area contributed by atoms with Crippen molar-refractivity contribution in [2.24, 2.45) is 0 Å². The van der Waals surface area contributed by atoms with Gasteiger partial charge in [0.05, 0.1) is 4.47 Å². The molecule has 0 aromatic heterocycles. The number of hydrogen-bond donors (Lipinski definition) is 1. The topological polar surface area (TPSA) is 58.6 Å². The first-order chi connectivity index (χ1) is 16.5. The highest BCUT2D eigenvalue weighted by molar-refractivity contribution is 9.10. The summed E-state index contributed by atoms with van der Waals surface area (Å²) >= 11 is 3.53. The molecule has 0 aliphatic carbocycles. The molecule has 3 rings (SSSR count). The van der Waals surface area contributed by atoms with Crippen LogP contribution in [-0.4, -0.2) is 35.9 Å². The third-order valence-electron chi connectivity index (χ3n) is 5.57. The minimum Gasteiger partial charge on any atom is -0.483 e. The van der Waals surface area contributed by atoms with Gasteiger partial charge in [0, 0.05) is 19.5 Å². The zero-order valence-electron chi connectivity index (χ0n) is 19.7. The summed E-state index contributed by atoms with van der Waals surface area (Å²) in [6.45, 7) is 4.60. The van der Waals surface area contributed by atoms with Gasteiger partial charge in [0.25, 0.3) is 5.91 Å². The van der Waals surface area contributed by atoms with Crippen molar-refractivity contribution in [3.63, 3.8) is 0 Å². The van der Waals surface area contributed by atoms with E-state index in [1.165, 1.54) is 5.56 Å². The fourth-order valence-corrected chi connectivity index (χ4v) is 4.27. The molecule has 0 unspecified atom stereocenters. The number of carbonyl (C=O) groups excluding carboxylic acids is 2. The Morgan fingerprint density at radius 3 is 2.15 bits per heavy atom. The summed E-state index contributed by atoms with van der Waals surface area (Å²) in [6.07, 6.45) is 1.33. The second kappa shape index (κ2) is 12.9. The number of benzene rings is 3. The number of nitrogens with one attached hydrogen (secondary N) is 1. The minimum absolute atomic E-state index is 0.165. The predicted octanol–water partition coefficient (Wildman–Crippen LogP) is 5.17. The number of ether oxygens (including phenoxy) is 1. The monoisotopic (exact) mass is 522 g/mol. The second-order valence-electron chi connectivity index (χ2n) is 8.01. The van der Waals surface area contributed by atoms with Gasteiger partial charge in [-0.2, -0.15) is 0 Å². The van der Waals surface area contributed by atoms with Gasteiger partial charge in [0.1, 0.15) is 11.8 Å². The normalized spacial score (nSPS) is 11.5. The quantitative estimate of drug-likeness (QED) is 0.378. The maximum Gasteiger partial charge on any atom is 0.261 e. The van der Waals surface area contributed by atoms with E-state index in [0.717, 1.165) is 22.0 Å². The van der Waals surface area contributed by atoms with Crippen LogP contribution in [0.1, 0.15) is 30.5 Å². The van der Waals surface area contributed by atoms with Gasteiger partial charge in [0.15, 0.2) is 6.61 Å². The summed E-state index contributed by atoms with van der Waals surface area (Å²) in [5.41, 5.74) is 3.12. The fraction of sp³-hybridized carbons (Fsp3) is 0.286. The lowest BCUT2D eigenvalue weighted by molar-refractivity contribution is -0.142. The molecule has 34 heavy (non-hydrogen) atoms. The van der Waals surface area contributed by atoms with Crippen LogP contribution < -0.4 is 10.1 Å². The first-order valence-electron chi connectivity index (χ1n) is 11.6. The van der Waals surface area contributed by atoms with Crippen molar-refractivity contribution in [3.8, 4) is 5.75 Å². The lowest BCUT2D eigenvalue weighted by Gasteiger charge is -2.31. The summed E-state index contributed by atoms with van der Waals surface area (Å²) in [4.78, 5) is 28.3. The first-order valence-corrected chi connectivity index (χ1v) is 12.4. The average molecular weight is 523 g/mol. The highest BCUT2D eigenvalue weighted by atomic mass is 79.9. The molecule has 3 aromatic rings. The van der Waals surface area contributed by atoms with Crippen LogP contribution in [0.2, 0.25) is 0 Å². The maximum absolute atomic E-state index is 13.5. The summed E-state index contributed by atoms with van der Waals surface area (Å²) in [5, 5.41) is 2.90. The third-order valence-corrected chi connectivity index (χ3v) is 6.19. The van der Waals surface area contributed by atoms with Gasteiger partial charge in [-0.15, -0.1) is 0 Å². The Morgan fingerprint density at radius 2 is 1.56 bits per heavy atom. The molecule has 0 heterocycles. The molecule has 1 atom stereocenters. The second-order valence-corrected chi connectivity index (χ2v) is 8.87. The van der Waals surface area contributed by atoms with E-state index < -0.39 is 6.04 Å². The van der Waals surface area contributed by atoms with E-state index in [1.807, 2.05) is 85.8 Å². The van der Waals surface area contributed by atoms with E-state index in [2.05, 4.69) is 28.2 Å². The lowest BCUT2D eigenvalue weighted by Crippen LogP contribution is -2.51. The smallest absolute Gasteiger partial charge is 0.261 e. The lowest BCUT2D eigenvalue weighted by atomic mass is 10.0. The molecule has 0 radical (unpaired) electrons. The number of nitrogens with zero attached hydrogens (tertiary/aromatic N) is 1. The molecule has 0 saturated heterocycles. The fourth-order valence-electron chi connectivity index (χ4n) is 3.73. The number of likely N-dealkylation sites (N-methyl/N-ethyl adjacent to an activating group) is 1. The Labute approximate surface area is 210 Å². The molecule has 0 aliphatic rings. The molecule has 0 aliphatic heterocycles. The molecule has 0 fully saturated rings. The van der Waals surface area contributed by atoms with Crippen LogP contribution in [0, 0.1) is 0 Å². The number of hydrogen-bond acceptors (Lipinski definition) is 3.